The third-order valence-electron chi connectivity index (χ3n) is 2.24. The van der Waals surface area contributed by atoms with Crippen LogP contribution in [-0.2, 0) is 11.2 Å². The molecule has 0 aliphatic rings. The summed E-state index contributed by atoms with van der Waals surface area (Å²) in [7, 11) is 1.96. The van der Waals surface area contributed by atoms with E-state index in [0.29, 0.717) is 6.04 Å². The average molecular weight is 208 g/mol. The molecule has 3 nitrogen and oxygen atoms in total. The van der Waals surface area contributed by atoms with Crippen molar-refractivity contribution in [1.29, 1.82) is 0 Å². The first-order valence-corrected chi connectivity index (χ1v) is 5.40. The molecule has 84 valence electrons. The maximum Gasteiger partial charge on any atom is 0.0626 e. The molecule has 0 fully saturated rings. The maximum atomic E-state index is 5.58. The van der Waals surface area contributed by atoms with Crippen LogP contribution >= 0.6 is 0 Å². The summed E-state index contributed by atoms with van der Waals surface area (Å²) in [4.78, 5) is 4.10. The molecule has 0 saturated carbocycles. The molecule has 1 heterocycles. The van der Waals surface area contributed by atoms with Gasteiger partial charge in [0.25, 0.3) is 0 Å². The molecule has 0 aliphatic carbocycles. The van der Waals surface area contributed by atoms with Crippen LogP contribution in [0.15, 0.2) is 24.5 Å². The van der Waals surface area contributed by atoms with E-state index in [4.69, 9.17) is 4.74 Å². The van der Waals surface area contributed by atoms with Crippen LogP contribution in [0.4, 0.5) is 0 Å². The zero-order valence-corrected chi connectivity index (χ0v) is 9.73. The molecule has 1 atom stereocenters. The van der Waals surface area contributed by atoms with E-state index in [2.05, 4.69) is 30.2 Å². The van der Waals surface area contributed by atoms with Crippen molar-refractivity contribution in [2.45, 2.75) is 32.4 Å². The molecule has 1 aromatic rings. The van der Waals surface area contributed by atoms with Crippen molar-refractivity contribution in [3.05, 3.63) is 30.1 Å². The number of nitrogens with one attached hydrogen (secondary N) is 1. The largest absolute Gasteiger partial charge is 0.377 e. The lowest BCUT2D eigenvalue weighted by Gasteiger charge is -2.17. The quantitative estimate of drug-likeness (QED) is 0.771. The second kappa shape index (κ2) is 6.53. The highest BCUT2D eigenvalue weighted by atomic mass is 16.5. The molecule has 0 saturated heterocycles. The van der Waals surface area contributed by atoms with Crippen LogP contribution in [0, 0.1) is 0 Å². The van der Waals surface area contributed by atoms with E-state index in [1.807, 2.05) is 19.3 Å². The minimum Gasteiger partial charge on any atom is -0.377 e. The molecule has 0 amide bonds. The van der Waals surface area contributed by atoms with Gasteiger partial charge in [0.1, 0.15) is 0 Å². The SMILES string of the molecule is CNC(COC(C)C)Cc1cccnc1. The van der Waals surface area contributed by atoms with Gasteiger partial charge in [-0.25, -0.2) is 0 Å². The minimum atomic E-state index is 0.287. The Morgan fingerprint density at radius 1 is 1.47 bits per heavy atom. The van der Waals surface area contributed by atoms with Crippen LogP contribution in [-0.4, -0.2) is 30.8 Å². The first-order chi connectivity index (χ1) is 7.22. The molecule has 0 aliphatic heterocycles. The van der Waals surface area contributed by atoms with Gasteiger partial charge in [0.05, 0.1) is 12.7 Å². The van der Waals surface area contributed by atoms with Crippen LogP contribution in [0.2, 0.25) is 0 Å². The predicted molar refractivity (Wildman–Crippen MR) is 61.9 cm³/mol. The smallest absolute Gasteiger partial charge is 0.0626 e. The Kier molecular flexibility index (Phi) is 5.29. The highest BCUT2D eigenvalue weighted by Crippen LogP contribution is 2.02. The Bertz CT molecular complexity index is 262. The van der Waals surface area contributed by atoms with Crippen molar-refractivity contribution in [2.24, 2.45) is 0 Å². The summed E-state index contributed by atoms with van der Waals surface area (Å²) in [6.07, 6.45) is 4.94. The van der Waals surface area contributed by atoms with Crippen LogP contribution in [0.25, 0.3) is 0 Å². The lowest BCUT2D eigenvalue weighted by Crippen LogP contribution is -2.33. The Balaban J connectivity index is 2.40. The topological polar surface area (TPSA) is 34.1 Å². The molecule has 0 spiro atoms. The van der Waals surface area contributed by atoms with Gasteiger partial charge >= 0.3 is 0 Å². The molecular formula is C12H20N2O. The van der Waals surface area contributed by atoms with Gasteiger partial charge in [-0.15, -0.1) is 0 Å². The van der Waals surface area contributed by atoms with Gasteiger partial charge in [0.2, 0.25) is 0 Å². The predicted octanol–water partition coefficient (Wildman–Crippen LogP) is 1.64. The van der Waals surface area contributed by atoms with Crippen molar-refractivity contribution in [2.75, 3.05) is 13.7 Å². The second-order valence-electron chi connectivity index (χ2n) is 3.93. The van der Waals surface area contributed by atoms with Gasteiger partial charge in [-0.1, -0.05) is 6.07 Å². The molecule has 15 heavy (non-hydrogen) atoms. The number of aromatic nitrogens is 1. The first kappa shape index (κ1) is 12.1. The van der Waals surface area contributed by atoms with Crippen LogP contribution < -0.4 is 5.32 Å². The number of nitrogens with zero attached hydrogens (tertiary/aromatic N) is 1. The standard InChI is InChI=1S/C12H20N2O/c1-10(2)15-9-12(13-3)7-11-5-4-6-14-8-11/h4-6,8,10,12-13H,7,9H2,1-3H3. The van der Waals surface area contributed by atoms with Crippen LogP contribution in [0.5, 0.6) is 0 Å². The van der Waals surface area contributed by atoms with Crippen molar-refractivity contribution >= 4 is 0 Å². The molecule has 1 unspecified atom stereocenters. The fourth-order valence-corrected chi connectivity index (χ4v) is 1.36. The van der Waals surface area contributed by atoms with Crippen molar-refractivity contribution < 1.29 is 4.74 Å². The van der Waals surface area contributed by atoms with Crippen LogP contribution in [0.3, 0.4) is 0 Å². The molecule has 0 aromatic carbocycles. The summed E-state index contributed by atoms with van der Waals surface area (Å²) in [5.74, 6) is 0. The van der Waals surface area contributed by atoms with Gasteiger partial charge in [0.15, 0.2) is 0 Å². The first-order valence-electron chi connectivity index (χ1n) is 5.40. The van der Waals surface area contributed by atoms with E-state index >= 15 is 0 Å². The van der Waals surface area contributed by atoms with Crippen LogP contribution in [0.1, 0.15) is 19.4 Å². The number of likely N-dealkylation sites (N-methyl/N-ethyl adjacent to an activating group) is 1. The summed E-state index contributed by atoms with van der Waals surface area (Å²) < 4.78 is 5.58. The Labute approximate surface area is 91.9 Å². The second-order valence-corrected chi connectivity index (χ2v) is 3.93. The average Bonchev–Trinajstić information content (AvgIpc) is 2.25. The highest BCUT2D eigenvalue weighted by molar-refractivity contribution is 5.10. The van der Waals surface area contributed by atoms with E-state index < -0.39 is 0 Å². The summed E-state index contributed by atoms with van der Waals surface area (Å²) in [6, 6.07) is 4.41. The molecule has 0 bridgehead atoms. The Hall–Kier alpha value is -0.930. The molecular weight excluding hydrogens is 188 g/mol. The van der Waals surface area contributed by atoms with Crippen molar-refractivity contribution in [3.63, 3.8) is 0 Å². The lowest BCUT2D eigenvalue weighted by atomic mass is 10.1. The number of hydrogen-bond donors (Lipinski definition) is 1. The third-order valence-corrected chi connectivity index (χ3v) is 2.24. The van der Waals surface area contributed by atoms with E-state index in [0.717, 1.165) is 13.0 Å². The zero-order valence-electron chi connectivity index (χ0n) is 9.73. The molecule has 0 radical (unpaired) electrons. The number of hydrogen-bond acceptors (Lipinski definition) is 3. The van der Waals surface area contributed by atoms with Gasteiger partial charge in [-0.2, -0.15) is 0 Å². The van der Waals surface area contributed by atoms with Gasteiger partial charge in [0, 0.05) is 18.4 Å². The normalized spacial score (nSPS) is 13.1. The monoisotopic (exact) mass is 208 g/mol. The van der Waals surface area contributed by atoms with Gasteiger partial charge < -0.3 is 10.1 Å². The van der Waals surface area contributed by atoms with Crippen molar-refractivity contribution in [3.8, 4) is 0 Å². The van der Waals surface area contributed by atoms with E-state index in [1.165, 1.54) is 5.56 Å². The Morgan fingerprint density at radius 3 is 2.80 bits per heavy atom. The number of pyridine rings is 1. The summed E-state index contributed by atoms with van der Waals surface area (Å²) in [6.45, 7) is 4.84. The molecule has 1 N–H and O–H groups in total. The van der Waals surface area contributed by atoms with Gasteiger partial charge in [-0.3, -0.25) is 4.98 Å². The molecule has 1 rings (SSSR count). The van der Waals surface area contributed by atoms with E-state index in [9.17, 15) is 0 Å². The van der Waals surface area contributed by atoms with E-state index in [1.54, 1.807) is 6.20 Å². The summed E-state index contributed by atoms with van der Waals surface area (Å²) in [5, 5.41) is 3.25. The summed E-state index contributed by atoms with van der Waals surface area (Å²) >= 11 is 0. The fraction of sp³-hybridized carbons (Fsp3) is 0.583. The summed E-state index contributed by atoms with van der Waals surface area (Å²) in [5.41, 5.74) is 1.24. The molecule has 3 heteroatoms. The Morgan fingerprint density at radius 2 is 2.27 bits per heavy atom. The van der Waals surface area contributed by atoms with E-state index in [-0.39, 0.29) is 6.10 Å². The maximum absolute atomic E-state index is 5.58. The van der Waals surface area contributed by atoms with Crippen molar-refractivity contribution in [1.82, 2.24) is 10.3 Å². The molecule has 1 aromatic heterocycles. The number of ether oxygens (including phenoxy) is 1. The lowest BCUT2D eigenvalue weighted by molar-refractivity contribution is 0.0627. The zero-order chi connectivity index (χ0) is 11.1. The fourth-order valence-electron chi connectivity index (χ4n) is 1.36. The van der Waals surface area contributed by atoms with Gasteiger partial charge in [-0.05, 0) is 38.9 Å². The highest BCUT2D eigenvalue weighted by Gasteiger charge is 2.08. The minimum absolute atomic E-state index is 0.287. The number of rotatable bonds is 6. The third kappa shape index (κ3) is 4.91.